The molecule has 2 aromatic carbocycles. The number of para-hydroxylation sites is 1. The molecule has 146 valence electrons. The van der Waals surface area contributed by atoms with Crippen LogP contribution in [0.2, 0.25) is 0 Å². The van der Waals surface area contributed by atoms with E-state index >= 15 is 0 Å². The average Bonchev–Trinajstić information content (AvgIpc) is 3.22. The van der Waals surface area contributed by atoms with Crippen LogP contribution in [-0.2, 0) is 11.3 Å². The molecule has 8 heteroatoms. The van der Waals surface area contributed by atoms with Gasteiger partial charge in [-0.05, 0) is 30.5 Å². The van der Waals surface area contributed by atoms with Crippen molar-refractivity contribution in [1.29, 1.82) is 0 Å². The molecule has 29 heavy (non-hydrogen) atoms. The summed E-state index contributed by atoms with van der Waals surface area (Å²) in [7, 11) is 0. The molecule has 4 aromatic rings. The molecule has 0 aliphatic carbocycles. The summed E-state index contributed by atoms with van der Waals surface area (Å²) in [6, 6.07) is 15.4. The summed E-state index contributed by atoms with van der Waals surface area (Å²) < 4.78 is 1.68. The molecule has 0 aliphatic rings. The highest BCUT2D eigenvalue weighted by molar-refractivity contribution is 7.98. The van der Waals surface area contributed by atoms with Gasteiger partial charge in [0, 0.05) is 27.6 Å². The molecule has 0 atom stereocenters. The Morgan fingerprint density at radius 3 is 2.76 bits per heavy atom. The van der Waals surface area contributed by atoms with Crippen LogP contribution in [0.1, 0.15) is 6.42 Å². The van der Waals surface area contributed by atoms with Gasteiger partial charge in [-0.25, -0.2) is 4.98 Å². The van der Waals surface area contributed by atoms with Crippen molar-refractivity contribution in [2.75, 3.05) is 11.6 Å². The Hall–Kier alpha value is -2.97. The predicted octanol–water partition coefficient (Wildman–Crippen LogP) is 4.27. The summed E-state index contributed by atoms with van der Waals surface area (Å²) in [6.45, 7) is 0.376. The number of carbonyl (C=O) groups excluding carboxylic acids is 1. The first-order valence-corrected chi connectivity index (χ1v) is 11.1. The molecule has 0 saturated carbocycles. The van der Waals surface area contributed by atoms with Gasteiger partial charge in [0.1, 0.15) is 0 Å². The van der Waals surface area contributed by atoms with Crippen LogP contribution in [0, 0.1) is 0 Å². The second-order valence-corrected chi connectivity index (χ2v) is 8.05. The first kappa shape index (κ1) is 19.4. The Bertz CT molecular complexity index is 1220. The number of nitrogens with zero attached hydrogens (tertiary/aromatic N) is 3. The first-order chi connectivity index (χ1) is 14.1. The van der Waals surface area contributed by atoms with Gasteiger partial charge in [-0.2, -0.15) is 5.10 Å². The van der Waals surface area contributed by atoms with Crippen LogP contribution in [-0.4, -0.2) is 26.9 Å². The zero-order valence-electron chi connectivity index (χ0n) is 15.7. The van der Waals surface area contributed by atoms with E-state index in [9.17, 15) is 9.59 Å². The zero-order chi connectivity index (χ0) is 20.2. The SMILES string of the molecule is CSc1ccc(-c2csc(NC(=O)CCn3ncc(=O)c4ccccc43)n2)cc1. The van der Waals surface area contributed by atoms with E-state index in [4.69, 9.17) is 0 Å². The number of thiazole rings is 1. The summed E-state index contributed by atoms with van der Waals surface area (Å²) in [5, 5.41) is 10.1. The highest BCUT2D eigenvalue weighted by Crippen LogP contribution is 2.26. The number of aryl methyl sites for hydroxylation is 1. The third-order valence-corrected chi connectivity index (χ3v) is 5.95. The van der Waals surface area contributed by atoms with Gasteiger partial charge in [0.15, 0.2) is 5.13 Å². The van der Waals surface area contributed by atoms with Crippen molar-refractivity contribution in [2.45, 2.75) is 17.9 Å². The fraction of sp³-hybridized carbons (Fsp3) is 0.143. The van der Waals surface area contributed by atoms with Crippen molar-refractivity contribution in [2.24, 2.45) is 0 Å². The first-order valence-electron chi connectivity index (χ1n) is 8.99. The predicted molar refractivity (Wildman–Crippen MR) is 119 cm³/mol. The van der Waals surface area contributed by atoms with Gasteiger partial charge >= 0.3 is 0 Å². The van der Waals surface area contributed by atoms with Crippen molar-refractivity contribution in [3.8, 4) is 11.3 Å². The largest absolute Gasteiger partial charge is 0.302 e. The summed E-state index contributed by atoms with van der Waals surface area (Å²) in [5.41, 5.74) is 2.45. The molecular weight excluding hydrogens is 404 g/mol. The van der Waals surface area contributed by atoms with Crippen LogP contribution >= 0.6 is 23.1 Å². The number of fused-ring (bicyclic) bond motifs is 1. The number of carbonyl (C=O) groups is 1. The summed E-state index contributed by atoms with van der Waals surface area (Å²) >= 11 is 3.09. The van der Waals surface area contributed by atoms with Crippen molar-refractivity contribution >= 4 is 45.0 Å². The lowest BCUT2D eigenvalue weighted by Crippen LogP contribution is -2.17. The van der Waals surface area contributed by atoms with E-state index in [1.165, 1.54) is 22.4 Å². The molecule has 0 unspecified atom stereocenters. The van der Waals surface area contributed by atoms with Crippen LogP contribution in [0.5, 0.6) is 0 Å². The molecule has 0 bridgehead atoms. The monoisotopic (exact) mass is 422 g/mol. The Morgan fingerprint density at radius 2 is 1.97 bits per heavy atom. The zero-order valence-corrected chi connectivity index (χ0v) is 17.3. The molecule has 4 rings (SSSR count). The van der Waals surface area contributed by atoms with Crippen LogP contribution < -0.4 is 10.7 Å². The molecule has 0 spiro atoms. The highest BCUT2D eigenvalue weighted by atomic mass is 32.2. The van der Waals surface area contributed by atoms with E-state index in [0.29, 0.717) is 17.1 Å². The van der Waals surface area contributed by atoms with Gasteiger partial charge in [-0.1, -0.05) is 24.3 Å². The Kier molecular flexibility index (Phi) is 5.73. The van der Waals surface area contributed by atoms with E-state index < -0.39 is 0 Å². The molecule has 2 heterocycles. The number of nitrogens with one attached hydrogen (secondary N) is 1. The van der Waals surface area contributed by atoms with E-state index in [1.807, 2.05) is 42.0 Å². The Balaban J connectivity index is 1.41. The molecule has 0 saturated heterocycles. The second-order valence-electron chi connectivity index (χ2n) is 6.31. The number of hydrogen-bond donors (Lipinski definition) is 1. The van der Waals surface area contributed by atoms with Crippen LogP contribution in [0.25, 0.3) is 22.2 Å². The molecule has 0 aliphatic heterocycles. The number of amides is 1. The number of thioether (sulfide) groups is 1. The van der Waals surface area contributed by atoms with Gasteiger partial charge in [-0.3, -0.25) is 14.3 Å². The molecule has 0 radical (unpaired) electrons. The molecule has 1 amide bonds. The van der Waals surface area contributed by atoms with Gasteiger partial charge in [0.25, 0.3) is 0 Å². The lowest BCUT2D eigenvalue weighted by molar-refractivity contribution is -0.116. The van der Waals surface area contributed by atoms with Crippen molar-refractivity contribution < 1.29 is 4.79 Å². The molecule has 2 aromatic heterocycles. The maximum absolute atomic E-state index is 12.4. The number of aromatic nitrogens is 3. The fourth-order valence-corrected chi connectivity index (χ4v) is 4.10. The lowest BCUT2D eigenvalue weighted by atomic mass is 10.2. The smallest absolute Gasteiger partial charge is 0.228 e. The maximum Gasteiger partial charge on any atom is 0.228 e. The summed E-state index contributed by atoms with van der Waals surface area (Å²) in [6.07, 6.45) is 3.56. The molecule has 6 nitrogen and oxygen atoms in total. The minimum atomic E-state index is -0.145. The van der Waals surface area contributed by atoms with E-state index in [-0.39, 0.29) is 17.8 Å². The normalized spacial score (nSPS) is 10.9. The van der Waals surface area contributed by atoms with Crippen molar-refractivity contribution in [1.82, 2.24) is 14.8 Å². The van der Waals surface area contributed by atoms with E-state index in [2.05, 4.69) is 27.5 Å². The summed E-state index contributed by atoms with van der Waals surface area (Å²) in [4.78, 5) is 30.0. The standard InChI is InChI=1S/C21H18N4O2S2/c1-28-15-8-6-14(7-9-15)17-13-29-21(23-17)24-20(27)10-11-25-18-5-3-2-4-16(18)19(26)12-22-25/h2-9,12-13H,10-11H2,1H3,(H,23,24,27). The van der Waals surface area contributed by atoms with Crippen molar-refractivity contribution in [3.05, 3.63) is 70.3 Å². The Labute approximate surface area is 175 Å². The van der Waals surface area contributed by atoms with Gasteiger partial charge in [0.2, 0.25) is 11.3 Å². The molecule has 1 N–H and O–H groups in total. The topological polar surface area (TPSA) is 76.9 Å². The van der Waals surface area contributed by atoms with Gasteiger partial charge in [-0.15, -0.1) is 23.1 Å². The van der Waals surface area contributed by atoms with E-state index in [0.717, 1.165) is 16.8 Å². The Morgan fingerprint density at radius 1 is 1.17 bits per heavy atom. The summed E-state index contributed by atoms with van der Waals surface area (Å²) in [5.74, 6) is -0.145. The average molecular weight is 423 g/mol. The third kappa shape index (κ3) is 4.38. The van der Waals surface area contributed by atoms with Crippen LogP contribution in [0.15, 0.2) is 69.8 Å². The maximum atomic E-state index is 12.4. The van der Waals surface area contributed by atoms with Gasteiger partial charge in [0.05, 0.1) is 24.0 Å². The molecular formula is C21H18N4O2S2. The number of hydrogen-bond acceptors (Lipinski definition) is 6. The fourth-order valence-electron chi connectivity index (χ4n) is 2.95. The number of anilines is 1. The quantitative estimate of drug-likeness (QED) is 0.470. The third-order valence-electron chi connectivity index (χ3n) is 4.45. The minimum Gasteiger partial charge on any atom is -0.302 e. The number of rotatable bonds is 6. The number of benzene rings is 2. The minimum absolute atomic E-state index is 0.123. The molecule has 0 fully saturated rings. The van der Waals surface area contributed by atoms with Crippen LogP contribution in [0.3, 0.4) is 0 Å². The van der Waals surface area contributed by atoms with Crippen molar-refractivity contribution in [3.63, 3.8) is 0 Å². The highest BCUT2D eigenvalue weighted by Gasteiger charge is 2.10. The van der Waals surface area contributed by atoms with E-state index in [1.54, 1.807) is 22.5 Å². The lowest BCUT2D eigenvalue weighted by Gasteiger charge is -2.08. The van der Waals surface area contributed by atoms with Crippen LogP contribution in [0.4, 0.5) is 5.13 Å². The second kappa shape index (κ2) is 8.59. The van der Waals surface area contributed by atoms with Gasteiger partial charge < -0.3 is 5.32 Å².